The summed E-state index contributed by atoms with van der Waals surface area (Å²) in [4.78, 5) is 41.2. The molecule has 3 nitrogen and oxygen atoms in total. The van der Waals surface area contributed by atoms with Gasteiger partial charge in [0.1, 0.15) is 5.78 Å². The topological polar surface area (TPSA) is 51.2 Å². The molecular weight excluding hydrogens is 456 g/mol. The lowest BCUT2D eigenvalue weighted by Gasteiger charge is -2.66. The lowest BCUT2D eigenvalue weighted by atomic mass is 9.36. The number of Topliss-reactive ketones (excluding diaryl/α,β-unsaturated/α-hetero) is 3. The number of fused-ring (bicyclic) bond motifs is 3. The predicted octanol–water partition coefficient (Wildman–Crippen LogP) is 8.15. The molecule has 5 aliphatic carbocycles. The summed E-state index contributed by atoms with van der Waals surface area (Å²) in [5, 5.41) is 0. The van der Waals surface area contributed by atoms with Gasteiger partial charge in [0, 0.05) is 17.3 Å². The number of ketones is 3. The molecule has 4 saturated carbocycles. The lowest BCUT2D eigenvalue weighted by molar-refractivity contribution is -0.189. The Morgan fingerprint density at radius 1 is 0.946 bits per heavy atom. The Labute approximate surface area is 226 Å². The Balaban J connectivity index is 1.47. The Bertz CT molecular complexity index is 1000. The maximum absolute atomic E-state index is 14.6. The molecule has 0 bridgehead atoms. The van der Waals surface area contributed by atoms with E-state index >= 15 is 0 Å². The van der Waals surface area contributed by atoms with Crippen molar-refractivity contribution in [3.8, 4) is 0 Å². The highest BCUT2D eigenvalue weighted by Gasteiger charge is 2.69. The van der Waals surface area contributed by atoms with Crippen LogP contribution in [0, 0.1) is 57.7 Å². The average molecular weight is 509 g/mol. The van der Waals surface area contributed by atoms with Gasteiger partial charge in [-0.1, -0.05) is 78.7 Å². The van der Waals surface area contributed by atoms with Crippen molar-refractivity contribution in [2.24, 2.45) is 57.7 Å². The number of carbonyl (C=O) groups excluding carboxylic acids is 3. The number of allylic oxidation sites excluding steroid dienone is 2. The molecule has 5 aliphatic rings. The van der Waals surface area contributed by atoms with E-state index in [0.29, 0.717) is 29.1 Å². The van der Waals surface area contributed by atoms with E-state index in [1.807, 2.05) is 6.92 Å². The molecule has 9 unspecified atom stereocenters. The largest absolute Gasteiger partial charge is 0.299 e. The first-order valence-electron chi connectivity index (χ1n) is 15.6. The summed E-state index contributed by atoms with van der Waals surface area (Å²) in [5.41, 5.74) is 0.426. The fourth-order valence-corrected chi connectivity index (χ4v) is 11.2. The fraction of sp³-hybridized carbons (Fsp3) is 0.853. The minimum absolute atomic E-state index is 0.0118. The highest BCUT2D eigenvalue weighted by atomic mass is 16.2. The van der Waals surface area contributed by atoms with Gasteiger partial charge < -0.3 is 0 Å². The molecule has 9 atom stereocenters. The van der Waals surface area contributed by atoms with Crippen molar-refractivity contribution in [1.29, 1.82) is 0 Å². The molecule has 0 aromatic carbocycles. The van der Waals surface area contributed by atoms with Crippen LogP contribution in [0.3, 0.4) is 0 Å². The van der Waals surface area contributed by atoms with E-state index in [2.05, 4.69) is 34.6 Å². The Morgan fingerprint density at radius 2 is 1.62 bits per heavy atom. The van der Waals surface area contributed by atoms with Crippen LogP contribution in [0.4, 0.5) is 0 Å². The molecule has 0 amide bonds. The van der Waals surface area contributed by atoms with E-state index in [-0.39, 0.29) is 40.2 Å². The molecule has 0 radical (unpaired) electrons. The third kappa shape index (κ3) is 4.07. The van der Waals surface area contributed by atoms with E-state index in [9.17, 15) is 14.4 Å². The van der Waals surface area contributed by atoms with Crippen molar-refractivity contribution in [3.05, 3.63) is 11.1 Å². The van der Waals surface area contributed by atoms with Crippen molar-refractivity contribution in [2.45, 2.75) is 126 Å². The van der Waals surface area contributed by atoms with Gasteiger partial charge in [0.05, 0.1) is 5.57 Å². The van der Waals surface area contributed by atoms with Gasteiger partial charge in [-0.05, 0) is 92.8 Å². The van der Waals surface area contributed by atoms with Gasteiger partial charge in [-0.2, -0.15) is 0 Å². The van der Waals surface area contributed by atoms with Crippen LogP contribution in [0.15, 0.2) is 11.1 Å². The molecule has 5 rings (SSSR count). The molecule has 4 fully saturated rings. The molecule has 37 heavy (non-hydrogen) atoms. The minimum atomic E-state index is -0.668. The van der Waals surface area contributed by atoms with Gasteiger partial charge in [0.25, 0.3) is 0 Å². The van der Waals surface area contributed by atoms with Crippen molar-refractivity contribution in [2.75, 3.05) is 0 Å². The molecule has 0 N–H and O–H groups in total. The van der Waals surface area contributed by atoms with Gasteiger partial charge in [-0.15, -0.1) is 0 Å². The van der Waals surface area contributed by atoms with Gasteiger partial charge in [-0.3, -0.25) is 14.4 Å². The number of rotatable bonds is 4. The zero-order chi connectivity index (χ0) is 26.9. The van der Waals surface area contributed by atoms with Gasteiger partial charge in [0.15, 0.2) is 11.6 Å². The molecule has 3 heteroatoms. The number of carbonyl (C=O) groups is 3. The molecule has 0 aromatic heterocycles. The van der Waals surface area contributed by atoms with E-state index < -0.39 is 5.41 Å². The van der Waals surface area contributed by atoms with Crippen molar-refractivity contribution >= 4 is 17.3 Å². The second kappa shape index (κ2) is 9.44. The van der Waals surface area contributed by atoms with Crippen LogP contribution in [-0.2, 0) is 14.4 Å². The van der Waals surface area contributed by atoms with Crippen molar-refractivity contribution in [1.82, 2.24) is 0 Å². The number of hydrogen-bond acceptors (Lipinski definition) is 3. The molecule has 206 valence electrons. The zero-order valence-corrected chi connectivity index (χ0v) is 24.8. The first-order chi connectivity index (χ1) is 17.3. The molecule has 0 aromatic rings. The first-order valence-corrected chi connectivity index (χ1v) is 15.6. The first kappa shape index (κ1) is 27.3. The van der Waals surface area contributed by atoms with Gasteiger partial charge in [0.2, 0.25) is 0 Å². The van der Waals surface area contributed by atoms with Crippen LogP contribution in [0.1, 0.15) is 126 Å². The van der Waals surface area contributed by atoms with Crippen molar-refractivity contribution in [3.63, 3.8) is 0 Å². The third-order valence-corrected chi connectivity index (χ3v) is 13.0. The van der Waals surface area contributed by atoms with Crippen LogP contribution in [0.5, 0.6) is 0 Å². The summed E-state index contributed by atoms with van der Waals surface area (Å²) in [6, 6.07) is 0. The zero-order valence-electron chi connectivity index (χ0n) is 24.8. The summed E-state index contributed by atoms with van der Waals surface area (Å²) in [5.74, 6) is 2.93. The quantitative estimate of drug-likeness (QED) is 0.360. The Morgan fingerprint density at radius 3 is 2.27 bits per heavy atom. The highest BCUT2D eigenvalue weighted by molar-refractivity contribution is 6.22. The SMILES string of the molecule is CC(=O)C1=C(C)CC2(C)CC3(C)CC4C(CCC5CCCCC5)CCC(C)C4C(=O)C3C(C)C2(C)C1=O. The Hall–Kier alpha value is -1.25. The summed E-state index contributed by atoms with van der Waals surface area (Å²) >= 11 is 0. The van der Waals surface area contributed by atoms with Gasteiger partial charge in [-0.25, -0.2) is 0 Å². The standard InChI is InChI=1S/C34H52O3/c1-20-13-15-25(16-14-24-11-9-8-10-12-24)26-18-32(5)19-33(6)17-21(2)27(23(4)35)31(37)34(33,7)22(3)29(32)30(36)28(20)26/h20,22,24-26,28-29H,8-19H2,1-7H3. The third-order valence-electron chi connectivity index (χ3n) is 13.0. The summed E-state index contributed by atoms with van der Waals surface area (Å²) < 4.78 is 0. The second-order valence-corrected chi connectivity index (χ2v) is 15.3. The van der Waals surface area contributed by atoms with Crippen molar-refractivity contribution < 1.29 is 14.4 Å². The van der Waals surface area contributed by atoms with Crippen LogP contribution in [0.2, 0.25) is 0 Å². The summed E-state index contributed by atoms with van der Waals surface area (Å²) in [6.07, 6.45) is 15.0. The molecule has 0 aliphatic heterocycles. The lowest BCUT2D eigenvalue weighted by Crippen LogP contribution is -2.66. The molecular formula is C34H52O3. The minimum Gasteiger partial charge on any atom is -0.299 e. The molecule has 0 saturated heterocycles. The fourth-order valence-electron chi connectivity index (χ4n) is 11.2. The maximum Gasteiger partial charge on any atom is 0.173 e. The average Bonchev–Trinajstić information content (AvgIpc) is 2.81. The monoisotopic (exact) mass is 508 g/mol. The van der Waals surface area contributed by atoms with Crippen LogP contribution >= 0.6 is 0 Å². The van der Waals surface area contributed by atoms with E-state index in [4.69, 9.17) is 0 Å². The van der Waals surface area contributed by atoms with Crippen LogP contribution in [0.25, 0.3) is 0 Å². The van der Waals surface area contributed by atoms with E-state index in [0.717, 1.165) is 30.8 Å². The molecule has 0 spiro atoms. The number of hydrogen-bond donors (Lipinski definition) is 0. The highest BCUT2D eigenvalue weighted by Crippen LogP contribution is 2.70. The normalized spacial score (nSPS) is 46.8. The summed E-state index contributed by atoms with van der Waals surface area (Å²) in [7, 11) is 0. The van der Waals surface area contributed by atoms with Crippen LogP contribution < -0.4 is 0 Å². The van der Waals surface area contributed by atoms with E-state index in [1.165, 1.54) is 64.7 Å². The van der Waals surface area contributed by atoms with Crippen LogP contribution in [-0.4, -0.2) is 17.3 Å². The predicted molar refractivity (Wildman–Crippen MR) is 149 cm³/mol. The maximum atomic E-state index is 14.6. The Kier molecular flexibility index (Phi) is 6.97. The van der Waals surface area contributed by atoms with Gasteiger partial charge >= 0.3 is 0 Å². The van der Waals surface area contributed by atoms with E-state index in [1.54, 1.807) is 0 Å². The summed E-state index contributed by atoms with van der Waals surface area (Å²) in [6.45, 7) is 14.8. The smallest absolute Gasteiger partial charge is 0.173 e. The second-order valence-electron chi connectivity index (χ2n) is 15.3. The molecule has 0 heterocycles.